The van der Waals surface area contributed by atoms with Crippen LogP contribution in [0.5, 0.6) is 5.75 Å². The first-order valence-electron chi connectivity index (χ1n) is 5.23. The van der Waals surface area contributed by atoms with Crippen molar-refractivity contribution in [3.63, 3.8) is 0 Å². The number of halogens is 2. The summed E-state index contributed by atoms with van der Waals surface area (Å²) in [4.78, 5) is 11.3. The zero-order valence-electron chi connectivity index (χ0n) is 9.54. The SMILES string of the molecule is CNC(=O)Oc1c(Br)cc(Br)cc1C1OCCO1. The van der Waals surface area contributed by atoms with Gasteiger partial charge in [-0.25, -0.2) is 4.79 Å². The molecule has 18 heavy (non-hydrogen) atoms. The van der Waals surface area contributed by atoms with Crippen LogP contribution in [0.3, 0.4) is 0 Å². The van der Waals surface area contributed by atoms with Crippen LogP contribution in [-0.4, -0.2) is 26.4 Å². The van der Waals surface area contributed by atoms with Crippen molar-refractivity contribution in [1.29, 1.82) is 0 Å². The lowest BCUT2D eigenvalue weighted by atomic mass is 10.2. The Morgan fingerprint density at radius 3 is 2.67 bits per heavy atom. The van der Waals surface area contributed by atoms with Crippen LogP contribution in [0.4, 0.5) is 4.79 Å². The summed E-state index contributed by atoms with van der Waals surface area (Å²) in [6, 6.07) is 3.59. The first-order valence-corrected chi connectivity index (χ1v) is 6.82. The number of benzene rings is 1. The fraction of sp³-hybridized carbons (Fsp3) is 0.364. The predicted molar refractivity (Wildman–Crippen MR) is 71.6 cm³/mol. The highest BCUT2D eigenvalue weighted by Crippen LogP contribution is 2.39. The molecule has 1 amide bonds. The molecule has 0 bridgehead atoms. The second-order valence-corrected chi connectivity index (χ2v) is 5.29. The van der Waals surface area contributed by atoms with Crippen molar-refractivity contribution in [2.75, 3.05) is 20.3 Å². The quantitative estimate of drug-likeness (QED) is 0.856. The fourth-order valence-corrected chi connectivity index (χ4v) is 2.88. The van der Waals surface area contributed by atoms with Gasteiger partial charge in [0, 0.05) is 11.5 Å². The topological polar surface area (TPSA) is 56.8 Å². The van der Waals surface area contributed by atoms with E-state index in [0.717, 1.165) is 4.47 Å². The van der Waals surface area contributed by atoms with Gasteiger partial charge in [0.15, 0.2) is 12.0 Å². The summed E-state index contributed by atoms with van der Waals surface area (Å²) in [7, 11) is 1.50. The van der Waals surface area contributed by atoms with Crippen molar-refractivity contribution in [2.45, 2.75) is 6.29 Å². The summed E-state index contributed by atoms with van der Waals surface area (Å²) in [5.74, 6) is 0.393. The Kier molecular flexibility index (Phi) is 4.60. The highest BCUT2D eigenvalue weighted by molar-refractivity contribution is 9.11. The molecule has 98 valence electrons. The summed E-state index contributed by atoms with van der Waals surface area (Å²) in [5, 5.41) is 2.40. The van der Waals surface area contributed by atoms with Crippen LogP contribution >= 0.6 is 31.9 Å². The Hall–Kier alpha value is -0.630. The van der Waals surface area contributed by atoms with Gasteiger partial charge in [0.25, 0.3) is 0 Å². The number of carbonyl (C=O) groups is 1. The molecule has 1 aromatic carbocycles. The maximum Gasteiger partial charge on any atom is 0.412 e. The standard InChI is InChI=1S/C11H11Br2NO4/c1-14-11(15)18-9-7(10-16-2-3-17-10)4-6(12)5-8(9)13/h4-5,10H,2-3H2,1H3,(H,14,15). The number of ether oxygens (including phenoxy) is 3. The third-order valence-corrected chi connectivity index (χ3v) is 3.36. The molecule has 0 aromatic heterocycles. The van der Waals surface area contributed by atoms with Crippen molar-refractivity contribution in [1.82, 2.24) is 5.32 Å². The first-order chi connectivity index (χ1) is 8.61. The van der Waals surface area contributed by atoms with Crippen molar-refractivity contribution in [3.05, 3.63) is 26.6 Å². The minimum absolute atomic E-state index is 0.393. The Morgan fingerprint density at radius 1 is 1.39 bits per heavy atom. The van der Waals surface area contributed by atoms with Gasteiger partial charge in [0.2, 0.25) is 0 Å². The Balaban J connectivity index is 2.37. The van der Waals surface area contributed by atoms with Gasteiger partial charge < -0.3 is 19.5 Å². The third kappa shape index (κ3) is 3.03. The Labute approximate surface area is 121 Å². The van der Waals surface area contributed by atoms with Gasteiger partial charge in [-0.1, -0.05) is 15.9 Å². The monoisotopic (exact) mass is 379 g/mol. The Bertz CT molecular complexity index is 461. The van der Waals surface area contributed by atoms with Crippen LogP contribution in [0.15, 0.2) is 21.1 Å². The second-order valence-electron chi connectivity index (χ2n) is 3.52. The largest absolute Gasteiger partial charge is 0.412 e. The summed E-state index contributed by atoms with van der Waals surface area (Å²) in [6.07, 6.45) is -1.06. The lowest BCUT2D eigenvalue weighted by Crippen LogP contribution is -2.23. The average molecular weight is 381 g/mol. The maximum absolute atomic E-state index is 11.3. The van der Waals surface area contributed by atoms with Gasteiger partial charge >= 0.3 is 6.09 Å². The van der Waals surface area contributed by atoms with Gasteiger partial charge in [-0.3, -0.25) is 0 Å². The predicted octanol–water partition coefficient (Wildman–Crippen LogP) is 2.98. The lowest BCUT2D eigenvalue weighted by molar-refractivity contribution is -0.0453. The molecule has 1 aliphatic rings. The van der Waals surface area contributed by atoms with E-state index in [2.05, 4.69) is 37.2 Å². The van der Waals surface area contributed by atoms with E-state index in [1.54, 1.807) is 12.1 Å². The zero-order chi connectivity index (χ0) is 13.1. The second kappa shape index (κ2) is 6.01. The molecule has 0 aliphatic carbocycles. The van der Waals surface area contributed by atoms with E-state index < -0.39 is 12.4 Å². The molecule has 0 unspecified atom stereocenters. The van der Waals surface area contributed by atoms with Crippen LogP contribution in [0.25, 0.3) is 0 Å². The smallest absolute Gasteiger partial charge is 0.409 e. The van der Waals surface area contributed by atoms with Crippen LogP contribution < -0.4 is 10.1 Å². The van der Waals surface area contributed by atoms with E-state index in [9.17, 15) is 4.79 Å². The van der Waals surface area contributed by atoms with Gasteiger partial charge in [-0.15, -0.1) is 0 Å². The minimum atomic E-state index is -0.544. The fourth-order valence-electron chi connectivity index (χ4n) is 1.54. The summed E-state index contributed by atoms with van der Waals surface area (Å²) >= 11 is 6.74. The first kappa shape index (κ1) is 13.8. The number of carbonyl (C=O) groups excluding carboxylic acids is 1. The molecule has 1 aromatic rings. The molecule has 1 aliphatic heterocycles. The molecule has 0 saturated carbocycles. The van der Waals surface area contributed by atoms with Gasteiger partial charge in [0.05, 0.1) is 23.2 Å². The Morgan fingerprint density at radius 2 is 2.06 bits per heavy atom. The van der Waals surface area contributed by atoms with E-state index in [-0.39, 0.29) is 0 Å². The zero-order valence-corrected chi connectivity index (χ0v) is 12.7. The highest BCUT2D eigenvalue weighted by Gasteiger charge is 2.25. The molecule has 1 saturated heterocycles. The number of nitrogens with one attached hydrogen (secondary N) is 1. The van der Waals surface area contributed by atoms with Crippen molar-refractivity contribution in [2.24, 2.45) is 0 Å². The van der Waals surface area contributed by atoms with Gasteiger partial charge in [0.1, 0.15) is 0 Å². The molecule has 0 radical (unpaired) electrons. The molecule has 1 heterocycles. The van der Waals surface area contributed by atoms with Crippen LogP contribution in [0, 0.1) is 0 Å². The lowest BCUT2D eigenvalue weighted by Gasteiger charge is -2.16. The molecule has 1 N–H and O–H groups in total. The maximum atomic E-state index is 11.3. The van der Waals surface area contributed by atoms with Crippen LogP contribution in [-0.2, 0) is 9.47 Å². The normalized spacial score (nSPS) is 15.7. The average Bonchev–Trinajstić information content (AvgIpc) is 2.85. The van der Waals surface area contributed by atoms with E-state index in [4.69, 9.17) is 14.2 Å². The van der Waals surface area contributed by atoms with Crippen molar-refractivity contribution < 1.29 is 19.0 Å². The van der Waals surface area contributed by atoms with E-state index in [0.29, 0.717) is 29.0 Å². The number of rotatable bonds is 2. The van der Waals surface area contributed by atoms with Gasteiger partial charge in [-0.2, -0.15) is 0 Å². The highest BCUT2D eigenvalue weighted by atomic mass is 79.9. The molecule has 0 atom stereocenters. The number of hydrogen-bond donors (Lipinski definition) is 1. The van der Waals surface area contributed by atoms with Crippen LogP contribution in [0.1, 0.15) is 11.9 Å². The number of hydrogen-bond acceptors (Lipinski definition) is 4. The van der Waals surface area contributed by atoms with Crippen molar-refractivity contribution >= 4 is 38.0 Å². The number of amides is 1. The molecule has 0 spiro atoms. The molecule has 1 fully saturated rings. The van der Waals surface area contributed by atoms with Crippen molar-refractivity contribution in [3.8, 4) is 5.75 Å². The molecule has 5 nitrogen and oxygen atoms in total. The molecular weight excluding hydrogens is 370 g/mol. The summed E-state index contributed by atoms with van der Waals surface area (Å²) in [5.41, 5.74) is 0.664. The molecular formula is C11H11Br2NO4. The van der Waals surface area contributed by atoms with E-state index in [1.165, 1.54) is 7.05 Å². The summed E-state index contributed by atoms with van der Waals surface area (Å²) in [6.45, 7) is 1.04. The van der Waals surface area contributed by atoms with Gasteiger partial charge in [-0.05, 0) is 28.1 Å². The molecule has 7 heteroatoms. The van der Waals surface area contributed by atoms with Crippen LogP contribution in [0.2, 0.25) is 0 Å². The molecule has 2 rings (SSSR count). The van der Waals surface area contributed by atoms with E-state index in [1.807, 2.05) is 0 Å². The summed E-state index contributed by atoms with van der Waals surface area (Å²) < 4.78 is 17.6. The van der Waals surface area contributed by atoms with E-state index >= 15 is 0 Å². The third-order valence-electron chi connectivity index (χ3n) is 2.31. The minimum Gasteiger partial charge on any atom is -0.409 e.